The molecule has 0 bridgehead atoms. The Morgan fingerprint density at radius 1 is 0.524 bits per heavy atom. The molecule has 0 heterocycles. The quantitative estimate of drug-likeness (QED) is 0.511. The van der Waals surface area contributed by atoms with Gasteiger partial charge in [-0.25, -0.2) is 0 Å². The lowest BCUT2D eigenvalue weighted by Gasteiger charge is -2.10. The standard InChI is InChI=1S/C12H10.C6H4.CH2O2/c1-3-7-11(8-4-1)12-9-5-2-6-10-12;1-2-6-4-3-5(1)6;2-1-3/h1-10H;1-4H;1H,(H,2,3). The number of carboxylic acid groups (broad SMARTS) is 1. The second-order valence-corrected chi connectivity index (χ2v) is 4.41. The predicted molar refractivity (Wildman–Crippen MR) is 86.0 cm³/mol. The fourth-order valence-electron chi connectivity index (χ4n) is 1.92. The van der Waals surface area contributed by atoms with E-state index in [1.165, 1.54) is 22.3 Å². The number of carbonyl (C=O) groups is 1. The van der Waals surface area contributed by atoms with Crippen LogP contribution in [0.4, 0.5) is 0 Å². The summed E-state index contributed by atoms with van der Waals surface area (Å²) < 4.78 is 0. The average Bonchev–Trinajstić information content (AvgIpc) is 2.54. The zero-order valence-electron chi connectivity index (χ0n) is 11.5. The van der Waals surface area contributed by atoms with Gasteiger partial charge in [0.15, 0.2) is 0 Å². The normalized spacial score (nSPS) is 9.33. The molecular weight excluding hydrogens is 260 g/mol. The molecule has 0 spiro atoms. The third-order valence-corrected chi connectivity index (χ3v) is 3.10. The van der Waals surface area contributed by atoms with E-state index in [0.29, 0.717) is 0 Å². The van der Waals surface area contributed by atoms with E-state index in [1.807, 2.05) is 12.1 Å². The van der Waals surface area contributed by atoms with Crippen LogP contribution in [-0.4, -0.2) is 11.6 Å². The molecule has 0 aromatic heterocycles. The van der Waals surface area contributed by atoms with Gasteiger partial charge in [0.25, 0.3) is 6.47 Å². The number of hydrogen-bond acceptors (Lipinski definition) is 1. The zero-order valence-corrected chi connectivity index (χ0v) is 11.5. The molecule has 0 unspecified atom stereocenters. The molecule has 1 N–H and O–H groups in total. The highest BCUT2D eigenvalue weighted by molar-refractivity contribution is 5.75. The van der Waals surface area contributed by atoms with Crippen molar-refractivity contribution >= 4 is 6.47 Å². The van der Waals surface area contributed by atoms with Crippen LogP contribution in [0, 0.1) is 0 Å². The maximum atomic E-state index is 8.36. The second kappa shape index (κ2) is 7.65. The Hall–Kier alpha value is -2.87. The summed E-state index contributed by atoms with van der Waals surface area (Å²) in [4.78, 5) is 8.36. The van der Waals surface area contributed by atoms with Gasteiger partial charge in [0.1, 0.15) is 0 Å². The van der Waals surface area contributed by atoms with Crippen LogP contribution in [0.1, 0.15) is 0 Å². The van der Waals surface area contributed by atoms with Crippen molar-refractivity contribution in [3.05, 3.63) is 84.9 Å². The predicted octanol–water partition coefficient (Wildman–Crippen LogP) is 4.72. The molecular formula is C19H16O2. The number of fused-ring (bicyclic) bond motifs is 1. The van der Waals surface area contributed by atoms with Gasteiger partial charge >= 0.3 is 0 Å². The Balaban J connectivity index is 0.000000148. The molecule has 2 nitrogen and oxygen atoms in total. The van der Waals surface area contributed by atoms with Crippen molar-refractivity contribution in [2.24, 2.45) is 0 Å². The highest BCUT2D eigenvalue weighted by Gasteiger charge is 2.03. The van der Waals surface area contributed by atoms with Crippen molar-refractivity contribution in [2.75, 3.05) is 0 Å². The monoisotopic (exact) mass is 276 g/mol. The van der Waals surface area contributed by atoms with Crippen LogP contribution in [0.5, 0.6) is 0 Å². The molecule has 0 radical (unpaired) electrons. The number of hydrogen-bond donors (Lipinski definition) is 1. The van der Waals surface area contributed by atoms with Crippen LogP contribution >= 0.6 is 0 Å². The van der Waals surface area contributed by atoms with Gasteiger partial charge in [-0.1, -0.05) is 84.9 Å². The molecule has 2 aliphatic rings. The number of benzene rings is 3. The zero-order chi connectivity index (χ0) is 14.9. The lowest BCUT2D eigenvalue weighted by atomic mass is 9.95. The lowest BCUT2D eigenvalue weighted by Crippen LogP contribution is -1.85. The van der Waals surface area contributed by atoms with E-state index in [-0.39, 0.29) is 6.47 Å². The molecule has 2 aliphatic carbocycles. The minimum absolute atomic E-state index is 0.250. The second-order valence-electron chi connectivity index (χ2n) is 4.41. The van der Waals surface area contributed by atoms with Crippen molar-refractivity contribution in [3.8, 4) is 22.3 Å². The number of rotatable bonds is 1. The molecule has 21 heavy (non-hydrogen) atoms. The first-order chi connectivity index (χ1) is 10.3. The molecule has 2 aromatic carbocycles. The highest BCUT2D eigenvalue weighted by Crippen LogP contribution is 2.29. The fraction of sp³-hybridized carbons (Fsp3) is 0. The smallest absolute Gasteiger partial charge is 0.290 e. The maximum Gasteiger partial charge on any atom is 0.290 e. The summed E-state index contributed by atoms with van der Waals surface area (Å²) >= 11 is 0. The Kier molecular flexibility index (Phi) is 5.30. The molecule has 0 saturated heterocycles. The molecule has 2 heteroatoms. The Labute approximate surface area is 124 Å². The van der Waals surface area contributed by atoms with E-state index in [1.54, 1.807) is 0 Å². The van der Waals surface area contributed by atoms with Crippen molar-refractivity contribution in [1.29, 1.82) is 0 Å². The van der Waals surface area contributed by atoms with Gasteiger partial charge < -0.3 is 5.11 Å². The first kappa shape index (κ1) is 14.5. The summed E-state index contributed by atoms with van der Waals surface area (Å²) in [5, 5.41) is 6.89. The molecule has 0 aliphatic heterocycles. The van der Waals surface area contributed by atoms with Crippen molar-refractivity contribution in [1.82, 2.24) is 0 Å². The topological polar surface area (TPSA) is 37.3 Å². The molecule has 4 rings (SSSR count). The molecule has 0 fully saturated rings. The van der Waals surface area contributed by atoms with Crippen LogP contribution < -0.4 is 0 Å². The molecule has 0 saturated carbocycles. The largest absolute Gasteiger partial charge is 0.483 e. The van der Waals surface area contributed by atoms with E-state index >= 15 is 0 Å². The van der Waals surface area contributed by atoms with Crippen molar-refractivity contribution < 1.29 is 9.90 Å². The van der Waals surface area contributed by atoms with Crippen LogP contribution in [0.25, 0.3) is 22.3 Å². The van der Waals surface area contributed by atoms with E-state index in [2.05, 4.69) is 72.8 Å². The summed E-state index contributed by atoms with van der Waals surface area (Å²) in [7, 11) is 0. The van der Waals surface area contributed by atoms with Gasteiger partial charge in [-0.15, -0.1) is 0 Å². The molecule has 0 atom stereocenters. The average molecular weight is 276 g/mol. The SMILES string of the molecule is O=CO.c1cc2ccc1-2.c1ccc(-c2ccccc2)cc1. The van der Waals surface area contributed by atoms with Crippen LogP contribution in [0.3, 0.4) is 0 Å². The van der Waals surface area contributed by atoms with Gasteiger partial charge in [0.05, 0.1) is 0 Å². The van der Waals surface area contributed by atoms with Gasteiger partial charge in [-0.05, 0) is 22.3 Å². The first-order valence-electron chi connectivity index (χ1n) is 6.64. The van der Waals surface area contributed by atoms with Gasteiger partial charge in [-0.3, -0.25) is 4.79 Å². The van der Waals surface area contributed by atoms with E-state index in [4.69, 9.17) is 9.90 Å². The fourth-order valence-corrected chi connectivity index (χ4v) is 1.92. The third-order valence-electron chi connectivity index (χ3n) is 3.10. The minimum Gasteiger partial charge on any atom is -0.483 e. The Morgan fingerprint density at radius 3 is 0.952 bits per heavy atom. The van der Waals surface area contributed by atoms with Crippen LogP contribution in [0.15, 0.2) is 84.9 Å². The molecule has 0 amide bonds. The summed E-state index contributed by atoms with van der Waals surface area (Å²) in [6.45, 7) is -0.250. The summed E-state index contributed by atoms with van der Waals surface area (Å²) in [5.41, 5.74) is 5.40. The lowest BCUT2D eigenvalue weighted by molar-refractivity contribution is -0.122. The van der Waals surface area contributed by atoms with Crippen LogP contribution in [0.2, 0.25) is 0 Å². The summed E-state index contributed by atoms with van der Waals surface area (Å²) in [6, 6.07) is 29.3. The van der Waals surface area contributed by atoms with E-state index < -0.39 is 0 Å². The molecule has 104 valence electrons. The van der Waals surface area contributed by atoms with Gasteiger partial charge in [-0.2, -0.15) is 0 Å². The van der Waals surface area contributed by atoms with Crippen molar-refractivity contribution in [2.45, 2.75) is 0 Å². The molecule has 2 aromatic rings. The third kappa shape index (κ3) is 4.05. The van der Waals surface area contributed by atoms with E-state index in [9.17, 15) is 0 Å². The van der Waals surface area contributed by atoms with E-state index in [0.717, 1.165) is 0 Å². The summed E-state index contributed by atoms with van der Waals surface area (Å²) in [6.07, 6.45) is 0. The maximum absolute atomic E-state index is 8.36. The van der Waals surface area contributed by atoms with Crippen molar-refractivity contribution in [3.63, 3.8) is 0 Å². The summed E-state index contributed by atoms with van der Waals surface area (Å²) in [5.74, 6) is 0. The van der Waals surface area contributed by atoms with Gasteiger partial charge in [0.2, 0.25) is 0 Å². The van der Waals surface area contributed by atoms with Crippen LogP contribution in [-0.2, 0) is 4.79 Å². The highest BCUT2D eigenvalue weighted by atomic mass is 16.3. The van der Waals surface area contributed by atoms with Gasteiger partial charge in [0, 0.05) is 0 Å². The Morgan fingerprint density at radius 2 is 0.762 bits per heavy atom. The minimum atomic E-state index is -0.250. The first-order valence-corrected chi connectivity index (χ1v) is 6.64. The Bertz CT molecular complexity index is 600.